The predicted molar refractivity (Wildman–Crippen MR) is 118 cm³/mol. The average molecular weight is 604 g/mol. The molecule has 0 spiro atoms. The number of unbranched alkanes of at least 4 members (excludes halogenated alkanes) is 2. The molecule has 0 radical (unpaired) electrons. The van der Waals surface area contributed by atoms with Gasteiger partial charge in [-0.2, -0.15) is 0 Å². The molecular formula is C26H42Cl2Hf. The summed E-state index contributed by atoms with van der Waals surface area (Å²) >= 11 is -0.972. The van der Waals surface area contributed by atoms with Gasteiger partial charge in [0.15, 0.2) is 0 Å². The van der Waals surface area contributed by atoms with Crippen molar-refractivity contribution in [2.45, 2.75) is 119 Å². The standard InChI is InChI=1S/2C13H21.2ClH.Hf/c2*1-4-7-8-11-9-12(5-2)13(6-3)10-11;;;/h2*4-9H2,1-3H3;2*1H;/q;;;;+2/p-2. The van der Waals surface area contributed by atoms with Crippen molar-refractivity contribution in [1.29, 1.82) is 0 Å². The molecule has 0 amide bonds. The molecule has 0 bridgehead atoms. The number of allylic oxidation sites excluding steroid dienone is 8. The van der Waals surface area contributed by atoms with Crippen molar-refractivity contribution in [3.63, 3.8) is 0 Å². The van der Waals surface area contributed by atoms with E-state index in [0.29, 0.717) is 0 Å². The summed E-state index contributed by atoms with van der Waals surface area (Å²) in [5.41, 5.74) is 11.0. The smallest absolute Gasteiger partial charge is 1.00 e. The molecule has 0 aromatic rings. The fourth-order valence-corrected chi connectivity index (χ4v) is 12.2. The van der Waals surface area contributed by atoms with Crippen molar-refractivity contribution in [2.75, 3.05) is 0 Å². The normalized spacial score (nSPS) is 16.5. The maximum absolute atomic E-state index is 2.41. The minimum atomic E-state index is -0.972. The molecule has 0 heterocycles. The molecule has 0 nitrogen and oxygen atoms in total. The van der Waals surface area contributed by atoms with E-state index in [0.717, 1.165) is 0 Å². The van der Waals surface area contributed by atoms with E-state index >= 15 is 0 Å². The molecule has 2 aliphatic carbocycles. The van der Waals surface area contributed by atoms with Gasteiger partial charge in [0, 0.05) is 0 Å². The minimum absolute atomic E-state index is 0. The van der Waals surface area contributed by atoms with E-state index in [1.807, 2.05) is 29.0 Å². The average Bonchev–Trinajstić information content (AvgIpc) is 3.21. The Morgan fingerprint density at radius 1 is 0.552 bits per heavy atom. The molecule has 0 unspecified atom stereocenters. The predicted octanol–water partition coefficient (Wildman–Crippen LogP) is 3.01. The molecule has 29 heavy (non-hydrogen) atoms. The largest absolute Gasteiger partial charge is 1.00 e. The van der Waals surface area contributed by atoms with Gasteiger partial charge in [0.2, 0.25) is 0 Å². The van der Waals surface area contributed by atoms with E-state index in [4.69, 9.17) is 0 Å². The van der Waals surface area contributed by atoms with Crippen LogP contribution < -0.4 is 24.8 Å². The van der Waals surface area contributed by atoms with Crippen LogP contribution in [0.5, 0.6) is 0 Å². The summed E-state index contributed by atoms with van der Waals surface area (Å²) in [6.45, 7) is 14.3. The zero-order valence-electron chi connectivity index (χ0n) is 19.7. The van der Waals surface area contributed by atoms with E-state index in [2.05, 4.69) is 41.5 Å². The number of rotatable bonds is 12. The third kappa shape index (κ3) is 7.21. The second-order valence-electron chi connectivity index (χ2n) is 8.22. The second-order valence-corrected chi connectivity index (χ2v) is 12.7. The third-order valence-corrected chi connectivity index (χ3v) is 13.0. The maximum Gasteiger partial charge on any atom is -1.00 e. The molecule has 0 aromatic carbocycles. The molecule has 0 atom stereocenters. The topological polar surface area (TPSA) is 0 Å². The van der Waals surface area contributed by atoms with Gasteiger partial charge in [-0.15, -0.1) is 0 Å². The van der Waals surface area contributed by atoms with E-state index in [-0.39, 0.29) is 24.8 Å². The van der Waals surface area contributed by atoms with E-state index in [9.17, 15) is 0 Å². The van der Waals surface area contributed by atoms with Crippen LogP contribution in [0.25, 0.3) is 0 Å². The molecule has 2 rings (SSSR count). The molecular weight excluding hydrogens is 562 g/mol. The molecule has 0 N–H and O–H groups in total. The third-order valence-electron chi connectivity index (χ3n) is 6.49. The van der Waals surface area contributed by atoms with Gasteiger partial charge in [0.05, 0.1) is 0 Å². The Hall–Kier alpha value is 0.410. The van der Waals surface area contributed by atoms with Crippen molar-refractivity contribution in [1.82, 2.24) is 0 Å². The van der Waals surface area contributed by atoms with Gasteiger partial charge in [-0.05, 0) is 0 Å². The van der Waals surface area contributed by atoms with Crippen LogP contribution in [0.15, 0.2) is 40.1 Å². The first-order chi connectivity index (χ1) is 13.1. The Morgan fingerprint density at radius 3 is 1.21 bits per heavy atom. The van der Waals surface area contributed by atoms with E-state index < -0.39 is 22.9 Å². The van der Waals surface area contributed by atoms with Gasteiger partial charge in [0.1, 0.15) is 0 Å². The zero-order valence-corrected chi connectivity index (χ0v) is 24.8. The number of hydrogen-bond donors (Lipinski definition) is 0. The molecule has 3 heteroatoms. The quantitative estimate of drug-likeness (QED) is 0.301. The summed E-state index contributed by atoms with van der Waals surface area (Å²) in [5.74, 6) is 0. The van der Waals surface area contributed by atoms with Gasteiger partial charge in [-0.3, -0.25) is 0 Å². The summed E-state index contributed by atoms with van der Waals surface area (Å²) < 4.78 is 3.91. The molecule has 0 saturated carbocycles. The fraction of sp³-hybridized carbons (Fsp3) is 0.692. The van der Waals surface area contributed by atoms with E-state index in [1.54, 1.807) is 11.1 Å². The first-order valence-electron chi connectivity index (χ1n) is 11.8. The molecule has 0 fully saturated rings. The van der Waals surface area contributed by atoms with Crippen LogP contribution in [0.3, 0.4) is 0 Å². The Balaban J connectivity index is 0.00000392. The first-order valence-corrected chi connectivity index (χ1v) is 15.4. The van der Waals surface area contributed by atoms with Crippen LogP contribution in [-0.4, -0.2) is 0 Å². The van der Waals surface area contributed by atoms with Crippen molar-refractivity contribution in [3.8, 4) is 0 Å². The Kier molecular flexibility index (Phi) is 15.5. The van der Waals surface area contributed by atoms with Gasteiger partial charge in [-0.25, -0.2) is 0 Å². The van der Waals surface area contributed by atoms with Crippen molar-refractivity contribution in [2.24, 2.45) is 0 Å². The Morgan fingerprint density at radius 2 is 0.931 bits per heavy atom. The molecule has 0 saturated heterocycles. The molecule has 0 aromatic heterocycles. The van der Waals surface area contributed by atoms with Crippen LogP contribution in [-0.2, 0) is 22.9 Å². The van der Waals surface area contributed by atoms with Crippen molar-refractivity contribution in [3.05, 3.63) is 40.1 Å². The maximum atomic E-state index is 2.41. The van der Waals surface area contributed by atoms with Crippen LogP contribution in [0.4, 0.5) is 0 Å². The van der Waals surface area contributed by atoms with Gasteiger partial charge >= 0.3 is 182 Å². The van der Waals surface area contributed by atoms with Crippen LogP contribution in [0.2, 0.25) is 0 Å². The molecule has 0 aliphatic heterocycles. The minimum Gasteiger partial charge on any atom is -1.00 e. The number of hydrogen-bond acceptors (Lipinski definition) is 0. The summed E-state index contributed by atoms with van der Waals surface area (Å²) in [7, 11) is 0. The second kappa shape index (κ2) is 15.3. The van der Waals surface area contributed by atoms with Crippen molar-refractivity contribution >= 4 is 0 Å². The Bertz CT molecular complexity index is 594. The summed E-state index contributed by atoms with van der Waals surface area (Å²) in [6.07, 6.45) is 15.9. The van der Waals surface area contributed by atoms with Gasteiger partial charge in [-0.1, -0.05) is 0 Å². The fourth-order valence-electron chi connectivity index (χ4n) is 4.88. The number of halogens is 2. The van der Waals surface area contributed by atoms with Crippen LogP contribution >= 0.6 is 0 Å². The molecule has 2 aliphatic rings. The molecule has 164 valence electrons. The van der Waals surface area contributed by atoms with E-state index in [1.165, 1.54) is 77.0 Å². The SMILES string of the molecule is CCCCC1=[C]([Hf+2][C]2=C(CCCC)CC(CC)=C2CC)C(CC)=C(CC)C1.[Cl-].[Cl-]. The van der Waals surface area contributed by atoms with Crippen LogP contribution in [0.1, 0.15) is 119 Å². The van der Waals surface area contributed by atoms with Gasteiger partial charge < -0.3 is 24.8 Å². The monoisotopic (exact) mass is 604 g/mol. The Labute approximate surface area is 205 Å². The first kappa shape index (κ1) is 29.4. The van der Waals surface area contributed by atoms with Crippen LogP contribution in [0, 0.1) is 0 Å². The summed E-state index contributed by atoms with van der Waals surface area (Å²) in [6, 6.07) is 0. The van der Waals surface area contributed by atoms with Gasteiger partial charge in [0.25, 0.3) is 0 Å². The van der Waals surface area contributed by atoms with Crippen molar-refractivity contribution < 1.29 is 47.7 Å². The summed E-state index contributed by atoms with van der Waals surface area (Å²) in [5, 5.41) is 0. The summed E-state index contributed by atoms with van der Waals surface area (Å²) in [4.78, 5) is 0. The zero-order chi connectivity index (χ0) is 19.8.